The number of amides is 1. The number of nitrogens with zero attached hydrogens (tertiary/aromatic N) is 3. The molecule has 7 heteroatoms. The topological polar surface area (TPSA) is 71.1 Å². The van der Waals surface area contributed by atoms with Crippen LogP contribution in [0.4, 0.5) is 0 Å². The number of morpholine rings is 1. The SMILES string of the molecule is CC1CN(C(=O)c2ccc(CSc3ncn[nH]3)cc2)CCO1. The molecule has 1 amide bonds. The Morgan fingerprint density at radius 3 is 2.95 bits per heavy atom. The first-order chi connectivity index (χ1) is 10.7. The van der Waals surface area contributed by atoms with Gasteiger partial charge in [-0.2, -0.15) is 5.10 Å². The van der Waals surface area contributed by atoms with Gasteiger partial charge in [0.15, 0.2) is 5.16 Å². The molecular formula is C15H18N4O2S. The van der Waals surface area contributed by atoms with Crippen molar-refractivity contribution in [3.8, 4) is 0 Å². The lowest BCUT2D eigenvalue weighted by molar-refractivity contribution is -0.0124. The van der Waals surface area contributed by atoms with Crippen LogP contribution in [0.25, 0.3) is 0 Å². The number of hydrogen-bond acceptors (Lipinski definition) is 5. The molecule has 22 heavy (non-hydrogen) atoms. The number of ether oxygens (including phenoxy) is 1. The Balaban J connectivity index is 1.59. The number of hydrogen-bond donors (Lipinski definition) is 1. The summed E-state index contributed by atoms with van der Waals surface area (Å²) < 4.78 is 5.47. The number of aromatic amines is 1. The number of rotatable bonds is 4. The average molecular weight is 318 g/mol. The highest BCUT2D eigenvalue weighted by Gasteiger charge is 2.22. The summed E-state index contributed by atoms with van der Waals surface area (Å²) in [7, 11) is 0. The molecular weight excluding hydrogens is 300 g/mol. The highest BCUT2D eigenvalue weighted by atomic mass is 32.2. The number of carbonyl (C=O) groups excluding carboxylic acids is 1. The van der Waals surface area contributed by atoms with Gasteiger partial charge in [-0.1, -0.05) is 23.9 Å². The normalized spacial score (nSPS) is 18.4. The third kappa shape index (κ3) is 3.66. The second kappa shape index (κ2) is 6.93. The Labute approximate surface area is 133 Å². The monoisotopic (exact) mass is 318 g/mol. The van der Waals surface area contributed by atoms with Crippen LogP contribution >= 0.6 is 11.8 Å². The van der Waals surface area contributed by atoms with E-state index in [1.165, 1.54) is 6.33 Å². The van der Waals surface area contributed by atoms with E-state index in [9.17, 15) is 4.79 Å². The van der Waals surface area contributed by atoms with Crippen molar-refractivity contribution in [3.05, 3.63) is 41.7 Å². The molecule has 1 aliphatic rings. The number of thioether (sulfide) groups is 1. The summed E-state index contributed by atoms with van der Waals surface area (Å²) in [6, 6.07) is 7.75. The molecule has 2 aromatic rings. The smallest absolute Gasteiger partial charge is 0.254 e. The van der Waals surface area contributed by atoms with Crippen molar-refractivity contribution in [1.82, 2.24) is 20.1 Å². The van der Waals surface area contributed by atoms with Gasteiger partial charge in [0.05, 0.1) is 12.7 Å². The lowest BCUT2D eigenvalue weighted by Gasteiger charge is -2.31. The summed E-state index contributed by atoms with van der Waals surface area (Å²) in [5.41, 5.74) is 1.87. The van der Waals surface area contributed by atoms with Gasteiger partial charge in [-0.05, 0) is 24.6 Å². The van der Waals surface area contributed by atoms with Gasteiger partial charge in [-0.25, -0.2) is 4.98 Å². The number of benzene rings is 1. The molecule has 116 valence electrons. The molecule has 1 N–H and O–H groups in total. The summed E-state index contributed by atoms with van der Waals surface area (Å²) in [6.07, 6.45) is 1.60. The summed E-state index contributed by atoms with van der Waals surface area (Å²) in [5, 5.41) is 7.42. The molecule has 3 rings (SSSR count). The van der Waals surface area contributed by atoms with Crippen molar-refractivity contribution < 1.29 is 9.53 Å². The van der Waals surface area contributed by atoms with Crippen molar-refractivity contribution >= 4 is 17.7 Å². The van der Waals surface area contributed by atoms with Crippen molar-refractivity contribution in [1.29, 1.82) is 0 Å². The van der Waals surface area contributed by atoms with E-state index < -0.39 is 0 Å². The Morgan fingerprint density at radius 1 is 1.45 bits per heavy atom. The minimum Gasteiger partial charge on any atom is -0.375 e. The van der Waals surface area contributed by atoms with Crippen LogP contribution in [0, 0.1) is 0 Å². The molecule has 1 aliphatic heterocycles. The summed E-state index contributed by atoms with van der Waals surface area (Å²) >= 11 is 1.58. The highest BCUT2D eigenvalue weighted by molar-refractivity contribution is 7.98. The van der Waals surface area contributed by atoms with Crippen molar-refractivity contribution in [2.45, 2.75) is 23.9 Å². The molecule has 0 saturated carbocycles. The van der Waals surface area contributed by atoms with Gasteiger partial charge in [0.1, 0.15) is 6.33 Å². The zero-order chi connectivity index (χ0) is 15.4. The van der Waals surface area contributed by atoms with E-state index in [4.69, 9.17) is 4.74 Å². The molecule has 6 nitrogen and oxygen atoms in total. The van der Waals surface area contributed by atoms with E-state index in [1.54, 1.807) is 11.8 Å². The van der Waals surface area contributed by atoms with Crippen LogP contribution in [-0.4, -0.2) is 51.8 Å². The van der Waals surface area contributed by atoms with Crippen LogP contribution in [0.1, 0.15) is 22.8 Å². The summed E-state index contributed by atoms with van der Waals surface area (Å²) in [5.74, 6) is 0.864. The van der Waals surface area contributed by atoms with Crippen LogP contribution in [0.2, 0.25) is 0 Å². The number of nitrogens with one attached hydrogen (secondary N) is 1. The molecule has 0 spiro atoms. The van der Waals surface area contributed by atoms with Crippen LogP contribution in [0.5, 0.6) is 0 Å². The highest BCUT2D eigenvalue weighted by Crippen LogP contribution is 2.19. The molecule has 1 saturated heterocycles. The van der Waals surface area contributed by atoms with Crippen LogP contribution in [0.15, 0.2) is 35.7 Å². The lowest BCUT2D eigenvalue weighted by atomic mass is 10.1. The van der Waals surface area contributed by atoms with Gasteiger partial charge in [0, 0.05) is 24.4 Å². The standard InChI is InChI=1S/C15H18N4O2S/c1-11-8-19(6-7-21-11)14(20)13-4-2-12(3-5-13)9-22-15-16-10-17-18-15/h2-5,10-11H,6-9H2,1H3,(H,16,17,18). The zero-order valence-corrected chi connectivity index (χ0v) is 13.2. The second-order valence-corrected chi connectivity index (χ2v) is 6.17. The molecule has 1 unspecified atom stereocenters. The Hall–Kier alpha value is -1.86. The first-order valence-corrected chi connectivity index (χ1v) is 8.19. The molecule has 0 aliphatic carbocycles. The van der Waals surface area contributed by atoms with E-state index in [2.05, 4.69) is 15.2 Å². The van der Waals surface area contributed by atoms with Crippen LogP contribution in [-0.2, 0) is 10.5 Å². The maximum Gasteiger partial charge on any atom is 0.254 e. The van der Waals surface area contributed by atoms with Crippen molar-refractivity contribution in [2.75, 3.05) is 19.7 Å². The number of H-pyrrole nitrogens is 1. The summed E-state index contributed by atoms with van der Waals surface area (Å²) in [6.45, 7) is 3.91. The third-order valence-electron chi connectivity index (χ3n) is 3.50. The van der Waals surface area contributed by atoms with Crippen molar-refractivity contribution in [2.24, 2.45) is 0 Å². The lowest BCUT2D eigenvalue weighted by Crippen LogP contribution is -2.44. The van der Waals surface area contributed by atoms with E-state index >= 15 is 0 Å². The Bertz CT molecular complexity index is 615. The number of carbonyl (C=O) groups is 1. The largest absolute Gasteiger partial charge is 0.375 e. The molecule has 1 aromatic heterocycles. The minimum absolute atomic E-state index is 0.0737. The van der Waals surface area contributed by atoms with Gasteiger partial charge in [-0.3, -0.25) is 9.89 Å². The van der Waals surface area contributed by atoms with Gasteiger partial charge >= 0.3 is 0 Å². The molecule has 1 fully saturated rings. The predicted molar refractivity (Wildman–Crippen MR) is 83.7 cm³/mol. The maximum absolute atomic E-state index is 12.4. The van der Waals surface area contributed by atoms with Crippen LogP contribution < -0.4 is 0 Å². The molecule has 2 heterocycles. The fraction of sp³-hybridized carbons (Fsp3) is 0.400. The Morgan fingerprint density at radius 2 is 2.27 bits per heavy atom. The van der Waals surface area contributed by atoms with E-state index in [1.807, 2.05) is 36.1 Å². The fourth-order valence-electron chi connectivity index (χ4n) is 2.34. The van der Waals surface area contributed by atoms with Gasteiger partial charge in [-0.15, -0.1) is 0 Å². The number of aromatic nitrogens is 3. The zero-order valence-electron chi connectivity index (χ0n) is 12.4. The van der Waals surface area contributed by atoms with Gasteiger partial charge in [0.25, 0.3) is 5.91 Å². The molecule has 1 aromatic carbocycles. The minimum atomic E-state index is 0.0737. The fourth-order valence-corrected chi connectivity index (χ4v) is 3.08. The van der Waals surface area contributed by atoms with Crippen LogP contribution in [0.3, 0.4) is 0 Å². The molecule has 0 bridgehead atoms. The quantitative estimate of drug-likeness (QED) is 0.873. The van der Waals surface area contributed by atoms with Gasteiger partial charge < -0.3 is 9.64 Å². The first kappa shape index (κ1) is 15.1. The maximum atomic E-state index is 12.4. The Kier molecular flexibility index (Phi) is 4.74. The van der Waals surface area contributed by atoms with E-state index in [0.717, 1.165) is 22.0 Å². The summed E-state index contributed by atoms with van der Waals surface area (Å²) in [4.78, 5) is 18.4. The van der Waals surface area contributed by atoms with E-state index in [-0.39, 0.29) is 12.0 Å². The van der Waals surface area contributed by atoms with E-state index in [0.29, 0.717) is 19.7 Å². The average Bonchev–Trinajstić information content (AvgIpc) is 3.06. The van der Waals surface area contributed by atoms with Gasteiger partial charge in [0.2, 0.25) is 0 Å². The molecule has 0 radical (unpaired) electrons. The predicted octanol–water partition coefficient (Wildman–Crippen LogP) is 1.96. The third-order valence-corrected chi connectivity index (χ3v) is 4.45. The first-order valence-electron chi connectivity index (χ1n) is 7.20. The van der Waals surface area contributed by atoms with Crippen molar-refractivity contribution in [3.63, 3.8) is 0 Å². The molecule has 1 atom stereocenters. The second-order valence-electron chi connectivity index (χ2n) is 5.21.